The molecule has 3 rings (SSSR count). The van der Waals surface area contributed by atoms with Crippen molar-refractivity contribution in [2.24, 2.45) is 0 Å². The molecule has 0 aromatic carbocycles. The van der Waals surface area contributed by atoms with Gasteiger partial charge in [-0.3, -0.25) is 4.90 Å². The van der Waals surface area contributed by atoms with Gasteiger partial charge in [0.15, 0.2) is 0 Å². The Morgan fingerprint density at radius 1 is 1.12 bits per heavy atom. The van der Waals surface area contributed by atoms with Crippen LogP contribution in [0.25, 0.3) is 0 Å². The minimum Gasteiger partial charge on any atom is -0.381 e. The summed E-state index contributed by atoms with van der Waals surface area (Å²) in [5.74, 6) is 0. The Morgan fingerprint density at radius 2 is 1.88 bits per heavy atom. The first-order chi connectivity index (χ1) is 8.42. The van der Waals surface area contributed by atoms with E-state index in [0.29, 0.717) is 5.54 Å². The first-order valence-electron chi connectivity index (χ1n) is 6.79. The second-order valence-corrected chi connectivity index (χ2v) is 6.12. The van der Waals surface area contributed by atoms with Gasteiger partial charge in [-0.05, 0) is 50.2 Å². The standard InChI is InChI=1S/C14H21NOS/c1-2-8-15(9-3-1)14(6-10-16-11-7-14)13-5-4-12-17-13/h4-5,12H,1-3,6-11H2. The van der Waals surface area contributed by atoms with Crippen molar-refractivity contribution in [1.29, 1.82) is 0 Å². The van der Waals surface area contributed by atoms with Gasteiger partial charge in [-0.25, -0.2) is 0 Å². The van der Waals surface area contributed by atoms with Crippen molar-refractivity contribution in [2.45, 2.75) is 37.6 Å². The Labute approximate surface area is 108 Å². The highest BCUT2D eigenvalue weighted by Crippen LogP contribution is 2.41. The van der Waals surface area contributed by atoms with E-state index < -0.39 is 0 Å². The number of ether oxygens (including phenoxy) is 1. The second-order valence-electron chi connectivity index (χ2n) is 5.17. The quantitative estimate of drug-likeness (QED) is 0.800. The van der Waals surface area contributed by atoms with E-state index in [1.165, 1.54) is 45.2 Å². The van der Waals surface area contributed by atoms with Gasteiger partial charge in [-0.1, -0.05) is 12.5 Å². The zero-order chi connectivity index (χ0) is 11.6. The maximum Gasteiger partial charge on any atom is 0.0597 e. The van der Waals surface area contributed by atoms with Crippen molar-refractivity contribution in [3.8, 4) is 0 Å². The van der Waals surface area contributed by atoms with Crippen molar-refractivity contribution < 1.29 is 4.74 Å². The molecule has 0 N–H and O–H groups in total. The maximum absolute atomic E-state index is 5.59. The summed E-state index contributed by atoms with van der Waals surface area (Å²) in [6.07, 6.45) is 6.50. The summed E-state index contributed by atoms with van der Waals surface area (Å²) in [7, 11) is 0. The Kier molecular flexibility index (Phi) is 3.50. The molecule has 0 bridgehead atoms. The van der Waals surface area contributed by atoms with Crippen LogP contribution in [0.4, 0.5) is 0 Å². The molecule has 0 spiro atoms. The summed E-state index contributed by atoms with van der Waals surface area (Å²) in [5.41, 5.74) is 0.298. The average Bonchev–Trinajstić information content (AvgIpc) is 2.95. The first-order valence-corrected chi connectivity index (χ1v) is 7.67. The fraction of sp³-hybridized carbons (Fsp3) is 0.714. The first kappa shape index (κ1) is 11.7. The molecule has 2 aliphatic heterocycles. The van der Waals surface area contributed by atoms with Crippen molar-refractivity contribution >= 4 is 11.3 Å². The van der Waals surface area contributed by atoms with Gasteiger partial charge < -0.3 is 4.74 Å². The van der Waals surface area contributed by atoms with Crippen molar-refractivity contribution in [3.05, 3.63) is 22.4 Å². The molecule has 0 radical (unpaired) electrons. The molecule has 0 unspecified atom stereocenters. The molecule has 2 fully saturated rings. The molecule has 0 aliphatic carbocycles. The van der Waals surface area contributed by atoms with Crippen molar-refractivity contribution in [3.63, 3.8) is 0 Å². The van der Waals surface area contributed by atoms with E-state index >= 15 is 0 Å². The SMILES string of the molecule is c1csc(C2(N3CCCCC3)CCOCC2)c1. The number of rotatable bonds is 2. The molecule has 94 valence electrons. The molecule has 1 aromatic heterocycles. The van der Waals surface area contributed by atoms with E-state index in [1.54, 1.807) is 4.88 Å². The number of nitrogens with zero attached hydrogens (tertiary/aromatic N) is 1. The summed E-state index contributed by atoms with van der Waals surface area (Å²) in [6.45, 7) is 4.40. The molecule has 17 heavy (non-hydrogen) atoms. The summed E-state index contributed by atoms with van der Waals surface area (Å²) in [6, 6.07) is 4.52. The smallest absolute Gasteiger partial charge is 0.0597 e. The van der Waals surface area contributed by atoms with Crippen molar-refractivity contribution in [1.82, 2.24) is 4.90 Å². The molecular formula is C14H21NOS. The normalized spacial score (nSPS) is 25.9. The third-order valence-corrected chi connectivity index (χ3v) is 5.32. The lowest BCUT2D eigenvalue weighted by Gasteiger charge is -2.47. The van der Waals surface area contributed by atoms with Gasteiger partial charge in [0.25, 0.3) is 0 Å². The van der Waals surface area contributed by atoms with E-state index in [2.05, 4.69) is 22.4 Å². The number of thiophene rings is 1. The zero-order valence-corrected chi connectivity index (χ0v) is 11.2. The van der Waals surface area contributed by atoms with Crippen LogP contribution in [0.2, 0.25) is 0 Å². The number of hydrogen-bond donors (Lipinski definition) is 0. The van der Waals surface area contributed by atoms with E-state index in [-0.39, 0.29) is 0 Å². The highest BCUT2D eigenvalue weighted by atomic mass is 32.1. The minimum atomic E-state index is 0.298. The van der Waals surface area contributed by atoms with E-state index in [1.807, 2.05) is 11.3 Å². The summed E-state index contributed by atoms with van der Waals surface area (Å²) in [4.78, 5) is 4.30. The lowest BCUT2D eigenvalue weighted by Crippen LogP contribution is -2.51. The number of hydrogen-bond acceptors (Lipinski definition) is 3. The largest absolute Gasteiger partial charge is 0.381 e. The molecule has 0 atom stereocenters. The van der Waals surface area contributed by atoms with Gasteiger partial charge in [0.1, 0.15) is 0 Å². The predicted octanol–water partition coefficient (Wildman–Crippen LogP) is 3.24. The summed E-state index contributed by atoms with van der Waals surface area (Å²) < 4.78 is 5.59. The highest BCUT2D eigenvalue weighted by Gasteiger charge is 2.41. The van der Waals surface area contributed by atoms with Gasteiger partial charge >= 0.3 is 0 Å². The zero-order valence-electron chi connectivity index (χ0n) is 10.4. The van der Waals surface area contributed by atoms with Gasteiger partial charge in [-0.15, -0.1) is 11.3 Å². The molecule has 2 saturated heterocycles. The van der Waals surface area contributed by atoms with Crippen LogP contribution in [-0.2, 0) is 10.3 Å². The Hall–Kier alpha value is -0.380. The van der Waals surface area contributed by atoms with Gasteiger partial charge in [-0.2, -0.15) is 0 Å². The summed E-state index contributed by atoms with van der Waals surface area (Å²) >= 11 is 1.92. The molecule has 3 heterocycles. The van der Waals surface area contributed by atoms with Crippen LogP contribution in [0.1, 0.15) is 37.0 Å². The predicted molar refractivity (Wildman–Crippen MR) is 71.5 cm³/mol. The monoisotopic (exact) mass is 251 g/mol. The lowest BCUT2D eigenvalue weighted by atomic mass is 9.85. The lowest BCUT2D eigenvalue weighted by molar-refractivity contribution is -0.0382. The maximum atomic E-state index is 5.59. The van der Waals surface area contributed by atoms with Crippen LogP contribution >= 0.6 is 11.3 Å². The third kappa shape index (κ3) is 2.16. The van der Waals surface area contributed by atoms with Crippen molar-refractivity contribution in [2.75, 3.05) is 26.3 Å². The second kappa shape index (κ2) is 5.09. The molecule has 3 heteroatoms. The van der Waals surface area contributed by atoms with Crippen LogP contribution in [0, 0.1) is 0 Å². The van der Waals surface area contributed by atoms with E-state index in [4.69, 9.17) is 4.74 Å². The fourth-order valence-corrected chi connectivity index (χ4v) is 4.31. The third-order valence-electron chi connectivity index (χ3n) is 4.26. The molecule has 2 nitrogen and oxygen atoms in total. The molecule has 0 amide bonds. The molecule has 2 aliphatic rings. The van der Waals surface area contributed by atoms with Crippen LogP contribution in [0.15, 0.2) is 17.5 Å². The molecular weight excluding hydrogens is 230 g/mol. The van der Waals surface area contributed by atoms with Crippen LogP contribution < -0.4 is 0 Å². The number of piperidine rings is 1. The van der Waals surface area contributed by atoms with Crippen LogP contribution in [-0.4, -0.2) is 31.2 Å². The summed E-state index contributed by atoms with van der Waals surface area (Å²) in [5, 5.41) is 2.22. The Bertz CT molecular complexity index is 337. The molecule has 1 aromatic rings. The van der Waals surface area contributed by atoms with Crippen LogP contribution in [0.3, 0.4) is 0 Å². The van der Waals surface area contributed by atoms with E-state index in [9.17, 15) is 0 Å². The number of likely N-dealkylation sites (tertiary alicyclic amines) is 1. The fourth-order valence-electron chi connectivity index (χ4n) is 3.29. The minimum absolute atomic E-state index is 0.298. The van der Waals surface area contributed by atoms with Crippen LogP contribution in [0.5, 0.6) is 0 Å². The molecule has 0 saturated carbocycles. The highest BCUT2D eigenvalue weighted by molar-refractivity contribution is 7.10. The van der Waals surface area contributed by atoms with Gasteiger partial charge in [0.2, 0.25) is 0 Å². The van der Waals surface area contributed by atoms with Gasteiger partial charge in [0, 0.05) is 18.1 Å². The van der Waals surface area contributed by atoms with E-state index in [0.717, 1.165) is 13.2 Å². The Balaban J connectivity index is 1.89. The average molecular weight is 251 g/mol. The van der Waals surface area contributed by atoms with Gasteiger partial charge in [0.05, 0.1) is 5.54 Å². The topological polar surface area (TPSA) is 12.5 Å². The Morgan fingerprint density at radius 3 is 2.53 bits per heavy atom.